The molecule has 2 aromatic rings. The lowest BCUT2D eigenvalue weighted by atomic mass is 10.2. The number of aromatic nitrogens is 1. The van der Waals surface area contributed by atoms with E-state index in [1.807, 2.05) is 4.90 Å². The smallest absolute Gasteiger partial charge is 0.339 e. The largest absolute Gasteiger partial charge is 0.478 e. The lowest BCUT2D eigenvalue weighted by Crippen LogP contribution is -2.22. The number of hydrogen-bond acceptors (Lipinski definition) is 5. The lowest BCUT2D eigenvalue weighted by molar-refractivity contribution is 0.0697. The lowest BCUT2D eigenvalue weighted by Gasteiger charge is -2.19. The summed E-state index contributed by atoms with van der Waals surface area (Å²) in [6, 6.07) is 5.56. The molecule has 0 atom stereocenters. The molecule has 7 nitrogen and oxygen atoms in total. The molecule has 132 valence electrons. The second-order valence-corrected chi connectivity index (χ2v) is 7.34. The number of rotatable bonds is 5. The van der Waals surface area contributed by atoms with Gasteiger partial charge in [0.1, 0.15) is 17.2 Å². The van der Waals surface area contributed by atoms with Crippen LogP contribution in [-0.4, -0.2) is 37.6 Å². The molecular formula is C16H16FN3O4S. The first-order chi connectivity index (χ1) is 11.9. The zero-order valence-electron chi connectivity index (χ0n) is 13.1. The number of carboxylic acids is 1. The van der Waals surface area contributed by atoms with Crippen LogP contribution in [0, 0.1) is 5.82 Å². The molecule has 0 spiro atoms. The Hall–Kier alpha value is -2.68. The Labute approximate surface area is 144 Å². The molecule has 2 N–H and O–H groups in total. The van der Waals surface area contributed by atoms with E-state index in [4.69, 9.17) is 0 Å². The normalized spacial score (nSPS) is 14.5. The molecule has 9 heteroatoms. The highest BCUT2D eigenvalue weighted by atomic mass is 32.2. The molecule has 2 heterocycles. The third kappa shape index (κ3) is 3.71. The zero-order chi connectivity index (χ0) is 18.0. The fraction of sp³-hybridized carbons (Fsp3) is 0.250. The van der Waals surface area contributed by atoms with Crippen LogP contribution in [0.5, 0.6) is 0 Å². The Kier molecular flexibility index (Phi) is 4.58. The van der Waals surface area contributed by atoms with Crippen molar-refractivity contribution in [2.24, 2.45) is 0 Å². The van der Waals surface area contributed by atoms with Gasteiger partial charge in [-0.1, -0.05) is 0 Å². The van der Waals surface area contributed by atoms with Crippen molar-refractivity contribution < 1.29 is 22.7 Å². The van der Waals surface area contributed by atoms with Crippen LogP contribution in [0.3, 0.4) is 0 Å². The number of halogens is 1. The van der Waals surface area contributed by atoms with E-state index < -0.39 is 21.8 Å². The Morgan fingerprint density at radius 1 is 1.20 bits per heavy atom. The van der Waals surface area contributed by atoms with Crippen molar-refractivity contribution in [3.05, 3.63) is 47.9 Å². The van der Waals surface area contributed by atoms with E-state index in [1.165, 1.54) is 12.3 Å². The number of sulfonamides is 1. The molecule has 1 fully saturated rings. The number of carboxylic acid groups (broad SMARTS) is 1. The van der Waals surface area contributed by atoms with Gasteiger partial charge in [0.05, 0.1) is 16.8 Å². The van der Waals surface area contributed by atoms with Crippen LogP contribution in [0.25, 0.3) is 0 Å². The van der Waals surface area contributed by atoms with Crippen molar-refractivity contribution in [3.8, 4) is 0 Å². The topological polar surface area (TPSA) is 99.6 Å². The predicted molar refractivity (Wildman–Crippen MR) is 89.9 cm³/mol. The third-order valence-electron chi connectivity index (χ3n) is 3.88. The molecule has 0 amide bonds. The first-order valence-corrected chi connectivity index (χ1v) is 9.12. The van der Waals surface area contributed by atoms with Gasteiger partial charge in [0.2, 0.25) is 0 Å². The Morgan fingerprint density at radius 3 is 2.44 bits per heavy atom. The Morgan fingerprint density at radius 2 is 1.84 bits per heavy atom. The monoisotopic (exact) mass is 365 g/mol. The summed E-state index contributed by atoms with van der Waals surface area (Å²) in [6.07, 6.45) is 3.19. The number of nitrogens with one attached hydrogen (secondary N) is 1. The number of pyridine rings is 1. The predicted octanol–water partition coefficient (Wildman–Crippen LogP) is 2.32. The molecule has 0 unspecified atom stereocenters. The third-order valence-corrected chi connectivity index (χ3v) is 5.28. The van der Waals surface area contributed by atoms with Gasteiger partial charge in [-0.2, -0.15) is 0 Å². The van der Waals surface area contributed by atoms with Gasteiger partial charge in [0.25, 0.3) is 10.0 Å². The first kappa shape index (κ1) is 17.2. The van der Waals surface area contributed by atoms with Gasteiger partial charge in [-0.25, -0.2) is 22.6 Å². The zero-order valence-corrected chi connectivity index (χ0v) is 14.0. The average molecular weight is 365 g/mol. The van der Waals surface area contributed by atoms with Gasteiger partial charge in [0.15, 0.2) is 0 Å². The van der Waals surface area contributed by atoms with E-state index in [-0.39, 0.29) is 16.1 Å². The molecule has 1 saturated heterocycles. The molecule has 0 aliphatic carbocycles. The molecule has 1 aliphatic rings. The van der Waals surface area contributed by atoms with E-state index in [2.05, 4.69) is 9.71 Å². The van der Waals surface area contributed by atoms with Crippen molar-refractivity contribution in [2.45, 2.75) is 17.7 Å². The van der Waals surface area contributed by atoms with Crippen LogP contribution in [-0.2, 0) is 10.0 Å². The minimum absolute atomic E-state index is 0.0321. The Bertz CT molecular complexity index is 894. The summed E-state index contributed by atoms with van der Waals surface area (Å²) in [6.45, 7) is 1.43. The van der Waals surface area contributed by atoms with Crippen LogP contribution in [0.2, 0.25) is 0 Å². The summed E-state index contributed by atoms with van der Waals surface area (Å²) in [7, 11) is -3.97. The van der Waals surface area contributed by atoms with Crippen LogP contribution in [0.1, 0.15) is 23.2 Å². The summed E-state index contributed by atoms with van der Waals surface area (Å²) in [5.74, 6) is -1.41. The first-order valence-electron chi connectivity index (χ1n) is 7.63. The quantitative estimate of drug-likeness (QED) is 0.844. The summed E-state index contributed by atoms with van der Waals surface area (Å²) >= 11 is 0. The van der Waals surface area contributed by atoms with Gasteiger partial charge in [0, 0.05) is 13.1 Å². The maximum Gasteiger partial charge on any atom is 0.339 e. The van der Waals surface area contributed by atoms with Crippen molar-refractivity contribution in [1.82, 2.24) is 4.98 Å². The molecule has 25 heavy (non-hydrogen) atoms. The van der Waals surface area contributed by atoms with E-state index >= 15 is 0 Å². The maximum atomic E-state index is 12.9. The molecule has 1 aliphatic heterocycles. The van der Waals surface area contributed by atoms with Crippen LogP contribution in [0.15, 0.2) is 41.4 Å². The molecule has 0 radical (unpaired) electrons. The number of benzene rings is 1. The van der Waals surface area contributed by atoms with E-state index in [0.717, 1.165) is 37.1 Å². The summed E-state index contributed by atoms with van der Waals surface area (Å²) in [4.78, 5) is 17.4. The molecule has 0 bridgehead atoms. The number of hydrogen-bond donors (Lipinski definition) is 2. The average Bonchev–Trinajstić information content (AvgIpc) is 3.09. The molecule has 0 saturated carbocycles. The number of carbonyl (C=O) groups is 1. The second kappa shape index (κ2) is 6.67. The van der Waals surface area contributed by atoms with Crippen molar-refractivity contribution in [3.63, 3.8) is 0 Å². The fourth-order valence-electron chi connectivity index (χ4n) is 2.68. The van der Waals surface area contributed by atoms with Gasteiger partial charge in [-0.3, -0.25) is 4.72 Å². The number of aromatic carboxylic acids is 1. The Balaban J connectivity index is 1.91. The van der Waals surface area contributed by atoms with Crippen molar-refractivity contribution >= 4 is 27.5 Å². The molecule has 1 aromatic heterocycles. The maximum absolute atomic E-state index is 12.9. The van der Waals surface area contributed by atoms with Gasteiger partial charge in [-0.15, -0.1) is 0 Å². The fourth-order valence-corrected chi connectivity index (χ4v) is 3.71. The van der Waals surface area contributed by atoms with E-state index in [9.17, 15) is 22.7 Å². The molecular weight excluding hydrogens is 349 g/mol. The standard InChI is InChI=1S/C16H16FN3O4S/c17-11-3-5-13(6-4-11)25(23,24)19-12-9-14(16(21)22)15(18-10-12)20-7-1-2-8-20/h3-6,9-10,19H,1-2,7-8H2,(H,21,22). The molecule has 3 rings (SSSR count). The highest BCUT2D eigenvalue weighted by Crippen LogP contribution is 2.26. The van der Waals surface area contributed by atoms with E-state index in [1.54, 1.807) is 0 Å². The van der Waals surface area contributed by atoms with Crippen molar-refractivity contribution in [1.29, 1.82) is 0 Å². The summed E-state index contributed by atoms with van der Waals surface area (Å²) in [5, 5.41) is 9.41. The minimum Gasteiger partial charge on any atom is -0.478 e. The van der Waals surface area contributed by atoms with Crippen LogP contribution in [0.4, 0.5) is 15.9 Å². The van der Waals surface area contributed by atoms with E-state index in [0.29, 0.717) is 18.9 Å². The van der Waals surface area contributed by atoms with Crippen LogP contribution >= 0.6 is 0 Å². The SMILES string of the molecule is O=C(O)c1cc(NS(=O)(=O)c2ccc(F)cc2)cnc1N1CCCC1. The molecule has 1 aromatic carbocycles. The van der Waals surface area contributed by atoms with Gasteiger partial charge < -0.3 is 10.0 Å². The van der Waals surface area contributed by atoms with Crippen molar-refractivity contribution in [2.75, 3.05) is 22.7 Å². The number of anilines is 2. The minimum atomic E-state index is -3.97. The highest BCUT2D eigenvalue weighted by Gasteiger charge is 2.22. The van der Waals surface area contributed by atoms with Crippen LogP contribution < -0.4 is 9.62 Å². The highest BCUT2D eigenvalue weighted by molar-refractivity contribution is 7.92. The van der Waals surface area contributed by atoms with Gasteiger partial charge in [-0.05, 0) is 43.2 Å². The number of nitrogens with zero attached hydrogens (tertiary/aromatic N) is 2. The second-order valence-electron chi connectivity index (χ2n) is 5.65. The summed E-state index contributed by atoms with van der Waals surface area (Å²) in [5.41, 5.74) is -0.0362. The van der Waals surface area contributed by atoms with Gasteiger partial charge >= 0.3 is 5.97 Å². The summed E-state index contributed by atoms with van der Waals surface area (Å²) < 4.78 is 39.8.